The SMILES string of the molecule is OC(CCc1ccccc1)Cn1nnc(C2CC2)n1. The van der Waals surface area contributed by atoms with Crippen LogP contribution in [0.3, 0.4) is 0 Å². The zero-order chi connectivity index (χ0) is 13.1. The van der Waals surface area contributed by atoms with Crippen molar-refractivity contribution < 1.29 is 5.11 Å². The van der Waals surface area contributed by atoms with Crippen LogP contribution in [-0.2, 0) is 13.0 Å². The molecule has 1 fully saturated rings. The summed E-state index contributed by atoms with van der Waals surface area (Å²) in [6.07, 6.45) is 3.49. The first-order chi connectivity index (χ1) is 9.31. The topological polar surface area (TPSA) is 63.8 Å². The zero-order valence-electron chi connectivity index (χ0n) is 10.8. The minimum absolute atomic E-state index is 0.423. The Balaban J connectivity index is 1.48. The van der Waals surface area contributed by atoms with Crippen molar-refractivity contribution in [2.24, 2.45) is 0 Å². The van der Waals surface area contributed by atoms with E-state index in [0.717, 1.165) is 12.2 Å². The molecule has 0 spiro atoms. The molecule has 0 bridgehead atoms. The largest absolute Gasteiger partial charge is 0.391 e. The first-order valence-corrected chi connectivity index (χ1v) is 6.81. The molecule has 0 saturated heterocycles. The number of aliphatic hydroxyl groups excluding tert-OH is 1. The lowest BCUT2D eigenvalue weighted by molar-refractivity contribution is 0.133. The molecule has 3 rings (SSSR count). The third-order valence-electron chi connectivity index (χ3n) is 3.39. The summed E-state index contributed by atoms with van der Waals surface area (Å²) >= 11 is 0. The van der Waals surface area contributed by atoms with Crippen molar-refractivity contribution in [3.05, 3.63) is 41.7 Å². The molecular weight excluding hydrogens is 240 g/mol. The average Bonchev–Trinajstić information content (AvgIpc) is 3.19. The quantitative estimate of drug-likeness (QED) is 0.853. The van der Waals surface area contributed by atoms with Gasteiger partial charge in [-0.25, -0.2) is 0 Å². The molecule has 1 aliphatic carbocycles. The number of aliphatic hydroxyl groups is 1. The molecule has 1 N–H and O–H groups in total. The van der Waals surface area contributed by atoms with Gasteiger partial charge >= 0.3 is 0 Å². The standard InChI is InChI=1S/C14H18N4O/c19-13(9-6-11-4-2-1-3-5-11)10-18-16-14(15-17-18)12-7-8-12/h1-5,12-13,19H,6-10H2. The molecule has 100 valence electrons. The maximum Gasteiger partial charge on any atom is 0.177 e. The van der Waals surface area contributed by atoms with E-state index in [0.29, 0.717) is 18.9 Å². The van der Waals surface area contributed by atoms with Gasteiger partial charge in [-0.15, -0.1) is 10.2 Å². The summed E-state index contributed by atoms with van der Waals surface area (Å²) in [6.45, 7) is 0.423. The van der Waals surface area contributed by atoms with Crippen LogP contribution in [0, 0.1) is 0 Å². The molecule has 0 aliphatic heterocycles. The third kappa shape index (κ3) is 3.38. The second-order valence-electron chi connectivity index (χ2n) is 5.15. The van der Waals surface area contributed by atoms with Crippen LogP contribution < -0.4 is 0 Å². The molecule has 19 heavy (non-hydrogen) atoms. The molecule has 1 heterocycles. The van der Waals surface area contributed by atoms with Gasteiger partial charge in [0.1, 0.15) is 0 Å². The van der Waals surface area contributed by atoms with Crippen LogP contribution in [0.15, 0.2) is 30.3 Å². The van der Waals surface area contributed by atoms with Crippen molar-refractivity contribution in [3.8, 4) is 0 Å². The van der Waals surface area contributed by atoms with Gasteiger partial charge in [0.2, 0.25) is 0 Å². The second kappa shape index (κ2) is 5.48. The van der Waals surface area contributed by atoms with E-state index in [9.17, 15) is 5.11 Å². The van der Waals surface area contributed by atoms with E-state index in [1.807, 2.05) is 18.2 Å². The van der Waals surface area contributed by atoms with Crippen molar-refractivity contribution >= 4 is 0 Å². The highest BCUT2D eigenvalue weighted by Crippen LogP contribution is 2.37. The molecule has 1 unspecified atom stereocenters. The maximum atomic E-state index is 10.00. The summed E-state index contributed by atoms with van der Waals surface area (Å²) in [7, 11) is 0. The predicted octanol–water partition coefficient (Wildman–Crippen LogP) is 1.54. The van der Waals surface area contributed by atoms with E-state index in [-0.39, 0.29) is 0 Å². The number of rotatable bonds is 6. The number of nitrogens with zero attached hydrogens (tertiary/aromatic N) is 4. The molecule has 0 radical (unpaired) electrons. The lowest BCUT2D eigenvalue weighted by Crippen LogP contribution is -2.19. The monoisotopic (exact) mass is 258 g/mol. The molecule has 5 heteroatoms. The number of tetrazole rings is 1. The van der Waals surface area contributed by atoms with Crippen LogP contribution >= 0.6 is 0 Å². The van der Waals surface area contributed by atoms with Crippen molar-refractivity contribution in [2.75, 3.05) is 0 Å². The van der Waals surface area contributed by atoms with Gasteiger partial charge in [0.15, 0.2) is 5.82 Å². The minimum Gasteiger partial charge on any atom is -0.391 e. The van der Waals surface area contributed by atoms with Crippen LogP contribution in [0.25, 0.3) is 0 Å². The maximum absolute atomic E-state index is 10.00. The lowest BCUT2D eigenvalue weighted by Gasteiger charge is -2.09. The Morgan fingerprint density at radius 1 is 1.26 bits per heavy atom. The molecule has 1 aliphatic rings. The Bertz CT molecular complexity index is 521. The van der Waals surface area contributed by atoms with E-state index < -0.39 is 6.10 Å². The first-order valence-electron chi connectivity index (χ1n) is 6.81. The molecule has 5 nitrogen and oxygen atoms in total. The predicted molar refractivity (Wildman–Crippen MR) is 70.6 cm³/mol. The van der Waals surface area contributed by atoms with Gasteiger partial charge in [0.25, 0.3) is 0 Å². The van der Waals surface area contributed by atoms with Gasteiger partial charge in [-0.3, -0.25) is 0 Å². The lowest BCUT2D eigenvalue weighted by atomic mass is 10.1. The fraction of sp³-hybridized carbons (Fsp3) is 0.500. The minimum atomic E-state index is -0.429. The molecule has 2 aromatic rings. The number of aromatic nitrogens is 4. The van der Waals surface area contributed by atoms with E-state index in [1.165, 1.54) is 23.2 Å². The molecule has 1 aromatic carbocycles. The smallest absolute Gasteiger partial charge is 0.177 e. The van der Waals surface area contributed by atoms with Gasteiger partial charge in [0, 0.05) is 5.92 Å². The van der Waals surface area contributed by atoms with Crippen molar-refractivity contribution in [2.45, 2.75) is 44.2 Å². The Morgan fingerprint density at radius 2 is 2.05 bits per heavy atom. The van der Waals surface area contributed by atoms with Gasteiger partial charge in [-0.05, 0) is 36.5 Å². The molecule has 1 atom stereocenters. The summed E-state index contributed by atoms with van der Waals surface area (Å²) < 4.78 is 0. The van der Waals surface area contributed by atoms with E-state index in [4.69, 9.17) is 0 Å². The summed E-state index contributed by atoms with van der Waals surface area (Å²) in [6, 6.07) is 10.2. The van der Waals surface area contributed by atoms with Gasteiger partial charge in [-0.1, -0.05) is 30.3 Å². The number of aryl methyl sites for hydroxylation is 1. The summed E-state index contributed by atoms with van der Waals surface area (Å²) in [5, 5.41) is 22.3. The van der Waals surface area contributed by atoms with Crippen LogP contribution in [0.4, 0.5) is 0 Å². The molecule has 1 aromatic heterocycles. The van der Waals surface area contributed by atoms with Crippen LogP contribution in [0.1, 0.15) is 36.6 Å². The van der Waals surface area contributed by atoms with Gasteiger partial charge in [0.05, 0.1) is 12.6 Å². The normalized spacial score (nSPS) is 16.5. The van der Waals surface area contributed by atoms with Crippen molar-refractivity contribution in [1.82, 2.24) is 20.2 Å². The fourth-order valence-electron chi connectivity index (χ4n) is 2.10. The number of benzene rings is 1. The Kier molecular flexibility index (Phi) is 3.55. The van der Waals surface area contributed by atoms with E-state index in [2.05, 4.69) is 27.5 Å². The highest BCUT2D eigenvalue weighted by atomic mass is 16.3. The third-order valence-corrected chi connectivity index (χ3v) is 3.39. The van der Waals surface area contributed by atoms with E-state index in [1.54, 1.807) is 0 Å². The summed E-state index contributed by atoms with van der Waals surface area (Å²) in [4.78, 5) is 1.52. The van der Waals surface area contributed by atoms with Crippen LogP contribution in [0.2, 0.25) is 0 Å². The first kappa shape index (κ1) is 12.3. The highest BCUT2D eigenvalue weighted by molar-refractivity contribution is 5.14. The average molecular weight is 258 g/mol. The fourth-order valence-corrected chi connectivity index (χ4v) is 2.10. The highest BCUT2D eigenvalue weighted by Gasteiger charge is 2.28. The van der Waals surface area contributed by atoms with Gasteiger partial charge in [-0.2, -0.15) is 4.80 Å². The second-order valence-corrected chi connectivity index (χ2v) is 5.15. The van der Waals surface area contributed by atoms with E-state index >= 15 is 0 Å². The molecular formula is C14H18N4O. The van der Waals surface area contributed by atoms with Crippen molar-refractivity contribution in [3.63, 3.8) is 0 Å². The van der Waals surface area contributed by atoms with Crippen LogP contribution in [-0.4, -0.2) is 31.4 Å². The number of hydrogen-bond donors (Lipinski definition) is 1. The van der Waals surface area contributed by atoms with Crippen LogP contribution in [0.5, 0.6) is 0 Å². The van der Waals surface area contributed by atoms with Gasteiger partial charge < -0.3 is 5.11 Å². The Hall–Kier alpha value is -1.75. The Morgan fingerprint density at radius 3 is 2.79 bits per heavy atom. The van der Waals surface area contributed by atoms with Crippen molar-refractivity contribution in [1.29, 1.82) is 0 Å². The summed E-state index contributed by atoms with van der Waals surface area (Å²) in [5.41, 5.74) is 1.24. The zero-order valence-corrected chi connectivity index (χ0v) is 10.8. The Labute approximate surface area is 112 Å². The summed E-state index contributed by atoms with van der Waals surface area (Å²) in [5.74, 6) is 1.34. The molecule has 1 saturated carbocycles. The molecule has 0 amide bonds. The number of hydrogen-bond acceptors (Lipinski definition) is 4.